The molecule has 1 aliphatic rings. The number of rotatable bonds is 5. The minimum absolute atomic E-state index is 0.0251. The lowest BCUT2D eigenvalue weighted by Crippen LogP contribution is -2.49. The molecule has 0 atom stereocenters. The molecule has 9 nitrogen and oxygen atoms in total. The van der Waals surface area contributed by atoms with E-state index in [0.29, 0.717) is 18.8 Å². The Morgan fingerprint density at radius 3 is 2.68 bits per heavy atom. The molecule has 1 fully saturated rings. The molecule has 0 radical (unpaired) electrons. The Kier molecular flexibility index (Phi) is 5.03. The topological polar surface area (TPSA) is 97.4 Å². The first-order chi connectivity index (χ1) is 12.0. The Hall–Kier alpha value is -2.81. The molecular weight excluding hydrogens is 324 g/mol. The van der Waals surface area contributed by atoms with Crippen LogP contribution in [0.4, 0.5) is 5.69 Å². The highest BCUT2D eigenvalue weighted by atomic mass is 16.6. The molecule has 1 aliphatic heterocycles. The van der Waals surface area contributed by atoms with Crippen LogP contribution in [0.25, 0.3) is 0 Å². The third-order valence-corrected chi connectivity index (χ3v) is 4.27. The fraction of sp³-hybridized carbons (Fsp3) is 0.438. The predicted molar refractivity (Wildman–Crippen MR) is 89.7 cm³/mol. The Balaban J connectivity index is 1.51. The zero-order chi connectivity index (χ0) is 17.8. The summed E-state index contributed by atoms with van der Waals surface area (Å²) in [7, 11) is 0. The lowest BCUT2D eigenvalue weighted by atomic mass is 10.2. The average Bonchev–Trinajstić information content (AvgIpc) is 2.97. The number of hydrogen-bond donors (Lipinski definition) is 0. The number of hydrogen-bond acceptors (Lipinski definition) is 6. The second-order valence-corrected chi connectivity index (χ2v) is 6.07. The van der Waals surface area contributed by atoms with E-state index in [2.05, 4.69) is 15.0 Å². The first kappa shape index (κ1) is 17.0. The van der Waals surface area contributed by atoms with E-state index in [4.69, 9.17) is 0 Å². The minimum Gasteiger partial charge on any atom is -0.339 e. The van der Waals surface area contributed by atoms with Gasteiger partial charge in [0.25, 0.3) is 0 Å². The standard InChI is InChI=1S/C16H20N6O3/c1-13-15(22(24)25)11-21(18-13)12-16(23)20-7-5-19(6-8-20)10-14-3-2-4-17-9-14/h2-4,9,11H,5-8,10,12H2,1H3. The van der Waals surface area contributed by atoms with Crippen molar-refractivity contribution in [2.45, 2.75) is 20.0 Å². The normalized spacial score (nSPS) is 15.3. The van der Waals surface area contributed by atoms with E-state index in [0.717, 1.165) is 25.2 Å². The van der Waals surface area contributed by atoms with Crippen molar-refractivity contribution in [3.05, 3.63) is 52.1 Å². The number of aromatic nitrogens is 3. The molecule has 0 aromatic carbocycles. The molecule has 2 aromatic rings. The molecule has 0 aliphatic carbocycles. The molecular formula is C16H20N6O3. The van der Waals surface area contributed by atoms with Gasteiger partial charge in [0.15, 0.2) is 0 Å². The van der Waals surface area contributed by atoms with Gasteiger partial charge in [-0.3, -0.25) is 29.5 Å². The molecule has 9 heteroatoms. The molecule has 0 saturated carbocycles. The molecule has 3 rings (SSSR count). The third-order valence-electron chi connectivity index (χ3n) is 4.27. The van der Waals surface area contributed by atoms with Crippen LogP contribution in [-0.4, -0.2) is 61.6 Å². The average molecular weight is 344 g/mol. The van der Waals surface area contributed by atoms with Gasteiger partial charge >= 0.3 is 5.69 Å². The summed E-state index contributed by atoms with van der Waals surface area (Å²) in [5, 5.41) is 14.9. The van der Waals surface area contributed by atoms with E-state index >= 15 is 0 Å². The van der Waals surface area contributed by atoms with Gasteiger partial charge in [-0.15, -0.1) is 0 Å². The number of carbonyl (C=O) groups is 1. The summed E-state index contributed by atoms with van der Waals surface area (Å²) in [4.78, 5) is 30.9. The van der Waals surface area contributed by atoms with Crippen LogP contribution in [0.1, 0.15) is 11.3 Å². The van der Waals surface area contributed by atoms with Crippen molar-refractivity contribution in [2.24, 2.45) is 0 Å². The fourth-order valence-corrected chi connectivity index (χ4v) is 2.91. The van der Waals surface area contributed by atoms with Crippen LogP contribution in [0.3, 0.4) is 0 Å². The summed E-state index contributed by atoms with van der Waals surface area (Å²) in [6.07, 6.45) is 4.91. The van der Waals surface area contributed by atoms with E-state index in [-0.39, 0.29) is 18.1 Å². The Bertz CT molecular complexity index is 752. The highest BCUT2D eigenvalue weighted by Gasteiger charge is 2.23. The summed E-state index contributed by atoms with van der Waals surface area (Å²) < 4.78 is 1.35. The van der Waals surface area contributed by atoms with Gasteiger partial charge in [-0.05, 0) is 18.6 Å². The molecule has 1 saturated heterocycles. The van der Waals surface area contributed by atoms with Crippen molar-refractivity contribution in [3.8, 4) is 0 Å². The molecule has 0 bridgehead atoms. The quantitative estimate of drug-likeness (QED) is 0.589. The molecule has 0 N–H and O–H groups in total. The van der Waals surface area contributed by atoms with Gasteiger partial charge in [0.2, 0.25) is 5.91 Å². The SMILES string of the molecule is Cc1nn(CC(=O)N2CCN(Cc3cccnc3)CC2)cc1[N+](=O)[O-]. The van der Waals surface area contributed by atoms with Crippen molar-refractivity contribution in [1.29, 1.82) is 0 Å². The van der Waals surface area contributed by atoms with Crippen molar-refractivity contribution < 1.29 is 9.72 Å². The lowest BCUT2D eigenvalue weighted by Gasteiger charge is -2.34. The maximum atomic E-state index is 12.4. The molecule has 1 amide bonds. The molecule has 132 valence electrons. The lowest BCUT2D eigenvalue weighted by molar-refractivity contribution is -0.385. The van der Waals surface area contributed by atoms with Gasteiger partial charge in [-0.2, -0.15) is 5.10 Å². The fourth-order valence-electron chi connectivity index (χ4n) is 2.91. The molecule has 0 unspecified atom stereocenters. The van der Waals surface area contributed by atoms with Gasteiger partial charge in [-0.1, -0.05) is 6.07 Å². The smallest absolute Gasteiger partial charge is 0.309 e. The first-order valence-electron chi connectivity index (χ1n) is 8.10. The van der Waals surface area contributed by atoms with Crippen LogP contribution in [0.15, 0.2) is 30.7 Å². The molecule has 2 aromatic heterocycles. The second-order valence-electron chi connectivity index (χ2n) is 6.07. The zero-order valence-corrected chi connectivity index (χ0v) is 14.0. The number of aryl methyl sites for hydroxylation is 1. The number of pyridine rings is 1. The van der Waals surface area contributed by atoms with Crippen LogP contribution in [0, 0.1) is 17.0 Å². The number of nitrogens with zero attached hydrogens (tertiary/aromatic N) is 6. The van der Waals surface area contributed by atoms with E-state index in [9.17, 15) is 14.9 Å². The van der Waals surface area contributed by atoms with E-state index < -0.39 is 4.92 Å². The summed E-state index contributed by atoms with van der Waals surface area (Å²) in [5.41, 5.74) is 1.41. The predicted octanol–water partition coefficient (Wildman–Crippen LogP) is 0.839. The maximum absolute atomic E-state index is 12.4. The van der Waals surface area contributed by atoms with Crippen LogP contribution < -0.4 is 0 Å². The maximum Gasteiger partial charge on any atom is 0.309 e. The largest absolute Gasteiger partial charge is 0.339 e. The second kappa shape index (κ2) is 7.39. The Morgan fingerprint density at radius 2 is 2.08 bits per heavy atom. The summed E-state index contributed by atoms with van der Waals surface area (Å²) in [6.45, 7) is 5.27. The highest BCUT2D eigenvalue weighted by molar-refractivity contribution is 5.76. The monoisotopic (exact) mass is 344 g/mol. The van der Waals surface area contributed by atoms with Crippen LogP contribution >= 0.6 is 0 Å². The van der Waals surface area contributed by atoms with E-state index in [1.54, 1.807) is 18.0 Å². The van der Waals surface area contributed by atoms with Crippen molar-refractivity contribution in [3.63, 3.8) is 0 Å². The third kappa shape index (κ3) is 4.18. The summed E-state index contributed by atoms with van der Waals surface area (Å²) in [6, 6.07) is 3.96. The van der Waals surface area contributed by atoms with Crippen molar-refractivity contribution in [1.82, 2.24) is 24.6 Å². The van der Waals surface area contributed by atoms with Gasteiger partial charge < -0.3 is 4.90 Å². The van der Waals surface area contributed by atoms with Crippen LogP contribution in [-0.2, 0) is 17.9 Å². The minimum atomic E-state index is -0.486. The number of carbonyl (C=O) groups excluding carboxylic acids is 1. The molecule has 0 spiro atoms. The van der Waals surface area contributed by atoms with E-state index in [1.165, 1.54) is 10.9 Å². The summed E-state index contributed by atoms with van der Waals surface area (Å²) in [5.74, 6) is -0.0709. The van der Waals surface area contributed by atoms with Gasteiger partial charge in [0, 0.05) is 45.1 Å². The molecule has 3 heterocycles. The van der Waals surface area contributed by atoms with Gasteiger partial charge in [-0.25, -0.2) is 0 Å². The number of amides is 1. The first-order valence-corrected chi connectivity index (χ1v) is 8.10. The highest BCUT2D eigenvalue weighted by Crippen LogP contribution is 2.15. The Morgan fingerprint density at radius 1 is 1.32 bits per heavy atom. The van der Waals surface area contributed by atoms with Gasteiger partial charge in [0.05, 0.1) is 4.92 Å². The Labute approximate surface area is 145 Å². The van der Waals surface area contributed by atoms with Crippen molar-refractivity contribution >= 4 is 11.6 Å². The number of piperazine rings is 1. The zero-order valence-electron chi connectivity index (χ0n) is 14.0. The molecule has 25 heavy (non-hydrogen) atoms. The number of nitro groups is 1. The van der Waals surface area contributed by atoms with E-state index in [1.807, 2.05) is 18.3 Å². The van der Waals surface area contributed by atoms with Crippen molar-refractivity contribution in [2.75, 3.05) is 26.2 Å². The summed E-state index contributed by atoms with van der Waals surface area (Å²) >= 11 is 0. The van der Waals surface area contributed by atoms with Crippen LogP contribution in [0.5, 0.6) is 0 Å². The van der Waals surface area contributed by atoms with Crippen LogP contribution in [0.2, 0.25) is 0 Å². The van der Waals surface area contributed by atoms with Gasteiger partial charge in [0.1, 0.15) is 18.4 Å².